The number of hydrogen-bond acceptors (Lipinski definition) is 5. The van der Waals surface area contributed by atoms with Crippen LogP contribution in [0.25, 0.3) is 0 Å². The number of amides is 2. The summed E-state index contributed by atoms with van der Waals surface area (Å²) in [4.78, 5) is 35.3. The quantitative estimate of drug-likeness (QED) is 0.707. The molecule has 27 heavy (non-hydrogen) atoms. The summed E-state index contributed by atoms with van der Waals surface area (Å²) in [6.07, 6.45) is 0. The van der Waals surface area contributed by atoms with Gasteiger partial charge in [-0.15, -0.1) is 0 Å². The fraction of sp³-hybridized carbons (Fsp3) is 0.167. The Balaban J connectivity index is 2.03. The number of halogens is 2. The van der Waals surface area contributed by atoms with Gasteiger partial charge in [0.2, 0.25) is 5.91 Å². The van der Waals surface area contributed by atoms with E-state index in [-0.39, 0.29) is 16.5 Å². The Morgan fingerprint density at radius 1 is 1.04 bits per heavy atom. The monoisotopic (exact) mass is 410 g/mol. The Labute approximate surface area is 165 Å². The zero-order chi connectivity index (χ0) is 20.0. The van der Waals surface area contributed by atoms with E-state index in [4.69, 9.17) is 32.7 Å². The number of carbonyl (C=O) groups is 3. The van der Waals surface area contributed by atoms with Gasteiger partial charge in [0.05, 0.1) is 23.4 Å². The summed E-state index contributed by atoms with van der Waals surface area (Å²) in [7, 11) is 1.43. The van der Waals surface area contributed by atoms with Crippen molar-refractivity contribution in [2.75, 3.05) is 24.4 Å². The summed E-state index contributed by atoms with van der Waals surface area (Å²) < 4.78 is 10.1. The third kappa shape index (κ3) is 5.87. The highest BCUT2D eigenvalue weighted by molar-refractivity contribution is 6.35. The molecular weight excluding hydrogens is 395 g/mol. The lowest BCUT2D eigenvalue weighted by Gasteiger charge is -2.12. The van der Waals surface area contributed by atoms with Gasteiger partial charge < -0.3 is 20.1 Å². The first kappa shape index (κ1) is 20.5. The topological polar surface area (TPSA) is 93.7 Å². The van der Waals surface area contributed by atoms with Crippen LogP contribution < -0.4 is 15.4 Å². The number of benzene rings is 2. The lowest BCUT2D eigenvalue weighted by Crippen LogP contribution is -2.21. The molecule has 2 N–H and O–H groups in total. The van der Waals surface area contributed by atoms with Crippen LogP contribution in [-0.2, 0) is 14.3 Å². The molecule has 0 heterocycles. The molecule has 2 aromatic carbocycles. The highest BCUT2D eigenvalue weighted by Gasteiger charge is 2.15. The van der Waals surface area contributed by atoms with Gasteiger partial charge in [0.1, 0.15) is 5.75 Å². The van der Waals surface area contributed by atoms with E-state index in [1.54, 1.807) is 12.1 Å². The number of esters is 1. The number of ether oxygens (including phenoxy) is 2. The fourth-order valence-corrected chi connectivity index (χ4v) is 2.50. The summed E-state index contributed by atoms with van der Waals surface area (Å²) >= 11 is 11.7. The molecule has 0 fully saturated rings. The predicted molar refractivity (Wildman–Crippen MR) is 103 cm³/mol. The second-order valence-electron chi connectivity index (χ2n) is 5.34. The molecule has 2 aromatic rings. The number of anilines is 2. The molecule has 0 saturated carbocycles. The van der Waals surface area contributed by atoms with Crippen LogP contribution in [0.4, 0.5) is 11.4 Å². The maximum atomic E-state index is 12.1. The summed E-state index contributed by atoms with van der Waals surface area (Å²) in [6.45, 7) is 0.818. The molecular formula is C18H16Cl2N2O5. The van der Waals surface area contributed by atoms with E-state index < -0.39 is 18.5 Å². The van der Waals surface area contributed by atoms with Crippen LogP contribution in [-0.4, -0.2) is 31.5 Å². The molecule has 9 heteroatoms. The van der Waals surface area contributed by atoms with Gasteiger partial charge in [-0.25, -0.2) is 4.79 Å². The van der Waals surface area contributed by atoms with Crippen LogP contribution >= 0.6 is 23.2 Å². The summed E-state index contributed by atoms with van der Waals surface area (Å²) in [5, 5.41) is 5.63. The zero-order valence-electron chi connectivity index (χ0n) is 14.5. The van der Waals surface area contributed by atoms with E-state index >= 15 is 0 Å². The molecule has 0 aromatic heterocycles. The van der Waals surface area contributed by atoms with Gasteiger partial charge in [-0.1, -0.05) is 23.2 Å². The van der Waals surface area contributed by atoms with Crippen molar-refractivity contribution in [1.29, 1.82) is 0 Å². The van der Waals surface area contributed by atoms with Gasteiger partial charge in [0.25, 0.3) is 5.91 Å². The van der Waals surface area contributed by atoms with E-state index in [1.807, 2.05) is 0 Å². The van der Waals surface area contributed by atoms with Crippen molar-refractivity contribution in [3.63, 3.8) is 0 Å². The SMILES string of the molecule is COc1ccc(NC(C)=O)cc1NC(=O)COC(=O)c1cc(Cl)ccc1Cl. The Morgan fingerprint density at radius 3 is 2.44 bits per heavy atom. The molecule has 142 valence electrons. The zero-order valence-corrected chi connectivity index (χ0v) is 16.0. The van der Waals surface area contributed by atoms with E-state index in [1.165, 1.54) is 38.3 Å². The average Bonchev–Trinajstić information content (AvgIpc) is 2.61. The standard InChI is InChI=1S/C18H16Cl2N2O5/c1-10(23)21-12-4-6-16(26-2)15(8-12)22-17(24)9-27-18(25)13-7-11(19)3-5-14(13)20/h3-8H,9H2,1-2H3,(H,21,23)(H,22,24). The minimum absolute atomic E-state index is 0.0576. The van der Waals surface area contributed by atoms with Crippen molar-refractivity contribution in [3.8, 4) is 5.75 Å². The van der Waals surface area contributed by atoms with Crippen molar-refractivity contribution >= 4 is 52.4 Å². The number of carbonyl (C=O) groups excluding carboxylic acids is 3. The predicted octanol–water partition coefficient (Wildman–Crippen LogP) is 3.76. The van der Waals surface area contributed by atoms with Gasteiger partial charge in [-0.05, 0) is 36.4 Å². The molecule has 0 bridgehead atoms. The smallest absolute Gasteiger partial charge is 0.340 e. The minimum Gasteiger partial charge on any atom is -0.495 e. The largest absolute Gasteiger partial charge is 0.495 e. The molecule has 2 amide bonds. The molecule has 0 aliphatic carbocycles. The third-order valence-corrected chi connectivity index (χ3v) is 3.84. The molecule has 7 nitrogen and oxygen atoms in total. The second kappa shape index (κ2) is 9.25. The molecule has 0 radical (unpaired) electrons. The summed E-state index contributed by atoms with van der Waals surface area (Å²) in [5.74, 6) is -1.26. The van der Waals surface area contributed by atoms with Crippen LogP contribution in [0.3, 0.4) is 0 Å². The molecule has 0 unspecified atom stereocenters. The van der Waals surface area contributed by atoms with E-state index in [9.17, 15) is 14.4 Å². The third-order valence-electron chi connectivity index (χ3n) is 3.28. The second-order valence-corrected chi connectivity index (χ2v) is 6.19. The lowest BCUT2D eigenvalue weighted by atomic mass is 10.2. The van der Waals surface area contributed by atoms with E-state index in [0.717, 1.165) is 0 Å². The summed E-state index contributed by atoms with van der Waals surface area (Å²) in [5.41, 5.74) is 0.842. The molecule has 0 spiro atoms. The van der Waals surface area contributed by atoms with Gasteiger partial charge in [-0.2, -0.15) is 0 Å². The van der Waals surface area contributed by atoms with Gasteiger partial charge in [0, 0.05) is 17.6 Å². The Hall–Kier alpha value is -2.77. The van der Waals surface area contributed by atoms with Crippen molar-refractivity contribution in [1.82, 2.24) is 0 Å². The van der Waals surface area contributed by atoms with Crippen molar-refractivity contribution < 1.29 is 23.9 Å². The molecule has 0 atom stereocenters. The Kier molecular flexibility index (Phi) is 7.04. The number of nitrogens with one attached hydrogen (secondary N) is 2. The number of methoxy groups -OCH3 is 1. The highest BCUT2D eigenvalue weighted by atomic mass is 35.5. The van der Waals surface area contributed by atoms with Crippen LogP contribution in [0.15, 0.2) is 36.4 Å². The van der Waals surface area contributed by atoms with Crippen LogP contribution in [0.5, 0.6) is 5.75 Å². The molecule has 0 aliphatic rings. The fourth-order valence-electron chi connectivity index (χ4n) is 2.14. The molecule has 2 rings (SSSR count). The van der Waals surface area contributed by atoms with E-state index in [2.05, 4.69) is 10.6 Å². The van der Waals surface area contributed by atoms with Crippen LogP contribution in [0.2, 0.25) is 10.0 Å². The van der Waals surface area contributed by atoms with Crippen molar-refractivity contribution in [2.45, 2.75) is 6.92 Å². The number of hydrogen-bond donors (Lipinski definition) is 2. The van der Waals surface area contributed by atoms with Crippen LogP contribution in [0, 0.1) is 0 Å². The molecule has 0 aliphatic heterocycles. The van der Waals surface area contributed by atoms with Crippen LogP contribution in [0.1, 0.15) is 17.3 Å². The normalized spacial score (nSPS) is 10.1. The average molecular weight is 411 g/mol. The maximum absolute atomic E-state index is 12.1. The van der Waals surface area contributed by atoms with Gasteiger partial charge in [0.15, 0.2) is 6.61 Å². The van der Waals surface area contributed by atoms with Gasteiger partial charge >= 0.3 is 5.97 Å². The van der Waals surface area contributed by atoms with E-state index in [0.29, 0.717) is 22.1 Å². The van der Waals surface area contributed by atoms with Crippen molar-refractivity contribution in [2.24, 2.45) is 0 Å². The first-order chi connectivity index (χ1) is 12.8. The highest BCUT2D eigenvalue weighted by Crippen LogP contribution is 2.28. The Bertz CT molecular complexity index is 886. The minimum atomic E-state index is -0.781. The maximum Gasteiger partial charge on any atom is 0.340 e. The van der Waals surface area contributed by atoms with Gasteiger partial charge in [-0.3, -0.25) is 9.59 Å². The Morgan fingerprint density at radius 2 is 1.78 bits per heavy atom. The molecule has 0 saturated heterocycles. The first-order valence-corrected chi connectivity index (χ1v) is 8.43. The number of rotatable bonds is 6. The van der Waals surface area contributed by atoms with Crippen molar-refractivity contribution in [3.05, 3.63) is 52.0 Å². The first-order valence-electron chi connectivity index (χ1n) is 7.68. The lowest BCUT2D eigenvalue weighted by molar-refractivity contribution is -0.119. The summed E-state index contributed by atoms with van der Waals surface area (Å²) in [6, 6.07) is 9.06.